The van der Waals surface area contributed by atoms with E-state index in [0.717, 1.165) is 17.5 Å². The molecular weight excluding hydrogens is 426 g/mol. The lowest BCUT2D eigenvalue weighted by atomic mass is 10.1. The van der Waals surface area contributed by atoms with Gasteiger partial charge in [0.05, 0.1) is 12.0 Å². The fourth-order valence-corrected chi connectivity index (χ4v) is 3.30. The third-order valence-electron chi connectivity index (χ3n) is 5.12. The Morgan fingerprint density at radius 2 is 1.85 bits per heavy atom. The molecule has 9 nitrogen and oxygen atoms in total. The number of benzene rings is 2. The van der Waals surface area contributed by atoms with Gasteiger partial charge in [0.25, 0.3) is 5.91 Å². The number of aryl methyl sites for hydroxylation is 1. The van der Waals surface area contributed by atoms with E-state index in [-0.39, 0.29) is 42.2 Å². The fraction of sp³-hybridized carbons (Fsp3) is 0.417. The molecule has 0 unspecified atom stereocenters. The maximum atomic E-state index is 13.2. The standard InChI is InChI=1S/C24H31N3O6/c1-5-13-25-24(29)20(6-2)26(15-18-9-7-17(3)8-10-18)23(28)16-33-19-11-12-21(27(30)31)22(14-19)32-4/h7-12,14,20H,5-6,13,15-16H2,1-4H3,(H,25,29)/t20-/m0/s1. The molecule has 2 aromatic rings. The Balaban J connectivity index is 2.22. The Morgan fingerprint density at radius 3 is 2.42 bits per heavy atom. The zero-order valence-corrected chi connectivity index (χ0v) is 19.5. The van der Waals surface area contributed by atoms with Crippen molar-refractivity contribution in [3.8, 4) is 11.5 Å². The second-order valence-corrected chi connectivity index (χ2v) is 7.60. The van der Waals surface area contributed by atoms with E-state index < -0.39 is 11.0 Å². The molecule has 0 aliphatic carbocycles. The average molecular weight is 458 g/mol. The minimum atomic E-state index is -0.652. The minimum Gasteiger partial charge on any atom is -0.490 e. The number of carbonyl (C=O) groups is 2. The van der Waals surface area contributed by atoms with Crippen LogP contribution in [0.2, 0.25) is 0 Å². The van der Waals surface area contributed by atoms with Crippen LogP contribution in [0.3, 0.4) is 0 Å². The topological polar surface area (TPSA) is 111 Å². The number of hydrogen-bond donors (Lipinski definition) is 1. The van der Waals surface area contributed by atoms with Crippen LogP contribution in [0, 0.1) is 17.0 Å². The van der Waals surface area contributed by atoms with Gasteiger partial charge < -0.3 is 19.7 Å². The molecule has 0 heterocycles. The van der Waals surface area contributed by atoms with Crippen molar-refractivity contribution in [1.82, 2.24) is 10.2 Å². The van der Waals surface area contributed by atoms with E-state index in [0.29, 0.717) is 13.0 Å². The van der Waals surface area contributed by atoms with E-state index in [9.17, 15) is 19.7 Å². The van der Waals surface area contributed by atoms with Gasteiger partial charge in [0.15, 0.2) is 6.61 Å². The number of hydrogen-bond acceptors (Lipinski definition) is 6. The third-order valence-corrected chi connectivity index (χ3v) is 5.12. The van der Waals surface area contributed by atoms with Crippen LogP contribution in [0.4, 0.5) is 5.69 Å². The summed E-state index contributed by atoms with van der Waals surface area (Å²) in [5.74, 6) is -0.292. The number of methoxy groups -OCH3 is 1. The molecule has 0 bridgehead atoms. The Labute approximate surface area is 193 Å². The highest BCUT2D eigenvalue weighted by Gasteiger charge is 2.29. The summed E-state index contributed by atoms with van der Waals surface area (Å²) in [4.78, 5) is 38.0. The summed E-state index contributed by atoms with van der Waals surface area (Å²) in [5.41, 5.74) is 1.79. The molecule has 2 aromatic carbocycles. The summed E-state index contributed by atoms with van der Waals surface area (Å²) in [5, 5.41) is 13.9. The highest BCUT2D eigenvalue weighted by molar-refractivity contribution is 5.88. The number of amides is 2. The minimum absolute atomic E-state index is 0.0341. The van der Waals surface area contributed by atoms with Crippen molar-refractivity contribution >= 4 is 17.5 Å². The Morgan fingerprint density at radius 1 is 1.15 bits per heavy atom. The predicted molar refractivity (Wildman–Crippen MR) is 124 cm³/mol. The molecule has 1 atom stereocenters. The molecule has 0 spiro atoms. The quantitative estimate of drug-likeness (QED) is 0.385. The first-order valence-corrected chi connectivity index (χ1v) is 10.9. The average Bonchev–Trinajstić information content (AvgIpc) is 2.81. The number of ether oxygens (including phenoxy) is 2. The second kappa shape index (κ2) is 12.4. The van der Waals surface area contributed by atoms with E-state index >= 15 is 0 Å². The fourth-order valence-electron chi connectivity index (χ4n) is 3.30. The van der Waals surface area contributed by atoms with E-state index in [1.54, 1.807) is 0 Å². The van der Waals surface area contributed by atoms with Crippen molar-refractivity contribution in [3.05, 3.63) is 63.7 Å². The van der Waals surface area contributed by atoms with E-state index in [1.165, 1.54) is 30.2 Å². The first-order chi connectivity index (χ1) is 15.8. The molecule has 0 aromatic heterocycles. The smallest absolute Gasteiger partial charge is 0.311 e. The first kappa shape index (κ1) is 25.6. The molecule has 1 N–H and O–H groups in total. The Kier molecular flexibility index (Phi) is 9.65. The van der Waals surface area contributed by atoms with Crippen molar-refractivity contribution in [2.24, 2.45) is 0 Å². The largest absolute Gasteiger partial charge is 0.490 e. The van der Waals surface area contributed by atoms with E-state index in [4.69, 9.17) is 9.47 Å². The summed E-state index contributed by atoms with van der Waals surface area (Å²) in [6.07, 6.45) is 1.23. The van der Waals surface area contributed by atoms with Gasteiger partial charge in [-0.05, 0) is 31.4 Å². The van der Waals surface area contributed by atoms with Crippen LogP contribution < -0.4 is 14.8 Å². The van der Waals surface area contributed by atoms with Gasteiger partial charge in [-0.15, -0.1) is 0 Å². The lowest BCUT2D eigenvalue weighted by Crippen LogP contribution is -2.50. The molecule has 0 fully saturated rings. The highest BCUT2D eigenvalue weighted by Crippen LogP contribution is 2.30. The van der Waals surface area contributed by atoms with Crippen LogP contribution in [0.5, 0.6) is 11.5 Å². The summed E-state index contributed by atoms with van der Waals surface area (Å²) >= 11 is 0. The molecule has 0 saturated heterocycles. The van der Waals surface area contributed by atoms with Crippen LogP contribution in [0.15, 0.2) is 42.5 Å². The zero-order chi connectivity index (χ0) is 24.4. The molecule has 178 valence electrons. The summed E-state index contributed by atoms with van der Waals surface area (Å²) < 4.78 is 10.7. The van der Waals surface area contributed by atoms with Crippen LogP contribution >= 0.6 is 0 Å². The molecule has 0 radical (unpaired) electrons. The predicted octanol–water partition coefficient (Wildman–Crippen LogP) is 3.62. The SMILES string of the molecule is CCCNC(=O)[C@H](CC)N(Cc1ccc(C)cc1)C(=O)COc1ccc([N+](=O)[O-])c(OC)c1. The van der Waals surface area contributed by atoms with Crippen molar-refractivity contribution in [2.75, 3.05) is 20.3 Å². The maximum absolute atomic E-state index is 13.2. The lowest BCUT2D eigenvalue weighted by molar-refractivity contribution is -0.385. The van der Waals surface area contributed by atoms with Gasteiger partial charge in [0.1, 0.15) is 11.8 Å². The van der Waals surface area contributed by atoms with Crippen molar-refractivity contribution in [3.63, 3.8) is 0 Å². The lowest BCUT2D eigenvalue weighted by Gasteiger charge is -2.30. The number of nitro benzene ring substituents is 1. The van der Waals surface area contributed by atoms with Gasteiger partial charge in [-0.3, -0.25) is 19.7 Å². The number of nitrogens with zero attached hydrogens (tertiary/aromatic N) is 2. The van der Waals surface area contributed by atoms with Gasteiger partial charge in [-0.1, -0.05) is 43.7 Å². The van der Waals surface area contributed by atoms with Gasteiger partial charge in [0.2, 0.25) is 11.7 Å². The summed E-state index contributed by atoms with van der Waals surface area (Å²) in [6, 6.07) is 11.1. The summed E-state index contributed by atoms with van der Waals surface area (Å²) in [6.45, 7) is 6.25. The van der Waals surface area contributed by atoms with Crippen molar-refractivity contribution < 1.29 is 24.0 Å². The Hall–Kier alpha value is -3.62. The Bertz CT molecular complexity index is 961. The molecule has 9 heteroatoms. The highest BCUT2D eigenvalue weighted by atomic mass is 16.6. The van der Waals surface area contributed by atoms with Gasteiger partial charge in [0, 0.05) is 25.2 Å². The zero-order valence-electron chi connectivity index (χ0n) is 19.5. The summed E-state index contributed by atoms with van der Waals surface area (Å²) in [7, 11) is 1.32. The second-order valence-electron chi connectivity index (χ2n) is 7.60. The van der Waals surface area contributed by atoms with Gasteiger partial charge in [-0.2, -0.15) is 0 Å². The van der Waals surface area contributed by atoms with Crippen molar-refractivity contribution in [1.29, 1.82) is 0 Å². The maximum Gasteiger partial charge on any atom is 0.311 e. The number of nitrogens with one attached hydrogen (secondary N) is 1. The molecule has 0 aliphatic rings. The van der Waals surface area contributed by atoms with E-state index in [2.05, 4.69) is 5.32 Å². The van der Waals surface area contributed by atoms with Crippen LogP contribution in [0.25, 0.3) is 0 Å². The van der Waals surface area contributed by atoms with Crippen LogP contribution in [-0.4, -0.2) is 47.9 Å². The van der Waals surface area contributed by atoms with Gasteiger partial charge >= 0.3 is 5.69 Å². The van der Waals surface area contributed by atoms with Crippen LogP contribution in [-0.2, 0) is 16.1 Å². The van der Waals surface area contributed by atoms with Gasteiger partial charge in [-0.25, -0.2) is 0 Å². The molecule has 2 rings (SSSR count). The molecule has 0 saturated carbocycles. The van der Waals surface area contributed by atoms with Crippen molar-refractivity contribution in [2.45, 2.75) is 46.2 Å². The number of rotatable bonds is 12. The molecule has 2 amide bonds. The normalized spacial score (nSPS) is 11.4. The first-order valence-electron chi connectivity index (χ1n) is 10.9. The molecule has 33 heavy (non-hydrogen) atoms. The monoisotopic (exact) mass is 457 g/mol. The molecular formula is C24H31N3O6. The number of carbonyl (C=O) groups excluding carboxylic acids is 2. The van der Waals surface area contributed by atoms with E-state index in [1.807, 2.05) is 45.0 Å². The van der Waals surface area contributed by atoms with Crippen LogP contribution in [0.1, 0.15) is 37.8 Å². The third kappa shape index (κ3) is 7.20. The molecule has 0 aliphatic heterocycles. The number of nitro groups is 1.